The van der Waals surface area contributed by atoms with Crippen LogP contribution in [-0.2, 0) is 0 Å². The van der Waals surface area contributed by atoms with E-state index in [0.717, 1.165) is 6.54 Å². The summed E-state index contributed by atoms with van der Waals surface area (Å²) in [4.78, 5) is 1.33. The molecule has 0 aliphatic carbocycles. The van der Waals surface area contributed by atoms with E-state index in [1.165, 1.54) is 20.5 Å². The Morgan fingerprint density at radius 1 is 1.28 bits per heavy atom. The van der Waals surface area contributed by atoms with Gasteiger partial charge in [-0.05, 0) is 51.3 Å². The fraction of sp³-hybridized carbons (Fsp3) is 0.286. The number of hydrogen-bond acceptors (Lipinski definition) is 3. The van der Waals surface area contributed by atoms with Gasteiger partial charge in [0.05, 0.1) is 6.04 Å². The van der Waals surface area contributed by atoms with E-state index in [-0.39, 0.29) is 6.04 Å². The average molecular weight is 342 g/mol. The first kappa shape index (κ1) is 14.1. The van der Waals surface area contributed by atoms with Gasteiger partial charge in [0.2, 0.25) is 0 Å². The molecular formula is C14H16BrNS2. The summed E-state index contributed by atoms with van der Waals surface area (Å²) in [5, 5.41) is 7.94. The SMILES string of the molecule is CCNC(c1cscc1Br)c1ccccc1SC. The minimum atomic E-state index is 0.263. The molecule has 0 radical (unpaired) electrons. The predicted octanol–water partition coefficient (Wildman–Crippen LogP) is 4.93. The van der Waals surface area contributed by atoms with Gasteiger partial charge < -0.3 is 5.32 Å². The highest BCUT2D eigenvalue weighted by molar-refractivity contribution is 9.10. The smallest absolute Gasteiger partial charge is 0.0607 e. The van der Waals surface area contributed by atoms with Gasteiger partial charge in [-0.2, -0.15) is 11.3 Å². The first-order valence-electron chi connectivity index (χ1n) is 5.85. The number of thiophene rings is 1. The van der Waals surface area contributed by atoms with E-state index in [9.17, 15) is 0 Å². The van der Waals surface area contributed by atoms with E-state index in [1.807, 2.05) is 0 Å². The number of benzene rings is 1. The number of halogens is 1. The van der Waals surface area contributed by atoms with Crippen molar-refractivity contribution in [3.63, 3.8) is 0 Å². The van der Waals surface area contributed by atoms with Crippen molar-refractivity contribution < 1.29 is 0 Å². The zero-order chi connectivity index (χ0) is 13.0. The van der Waals surface area contributed by atoms with E-state index in [0.29, 0.717) is 0 Å². The highest BCUT2D eigenvalue weighted by Gasteiger charge is 2.18. The maximum atomic E-state index is 3.64. The van der Waals surface area contributed by atoms with Crippen LogP contribution >= 0.6 is 39.0 Å². The van der Waals surface area contributed by atoms with Crippen LogP contribution in [-0.4, -0.2) is 12.8 Å². The maximum Gasteiger partial charge on any atom is 0.0607 e. The van der Waals surface area contributed by atoms with Gasteiger partial charge in [0.15, 0.2) is 0 Å². The molecule has 4 heteroatoms. The van der Waals surface area contributed by atoms with Crippen LogP contribution in [0.15, 0.2) is 44.4 Å². The Morgan fingerprint density at radius 3 is 2.67 bits per heavy atom. The molecule has 96 valence electrons. The van der Waals surface area contributed by atoms with Crippen LogP contribution in [0.2, 0.25) is 0 Å². The zero-order valence-electron chi connectivity index (χ0n) is 10.4. The van der Waals surface area contributed by atoms with E-state index in [4.69, 9.17) is 0 Å². The molecule has 1 aromatic carbocycles. The Bertz CT molecular complexity index is 510. The van der Waals surface area contributed by atoms with Crippen LogP contribution in [0.4, 0.5) is 0 Å². The van der Waals surface area contributed by atoms with Gasteiger partial charge in [-0.3, -0.25) is 0 Å². The van der Waals surface area contributed by atoms with Crippen LogP contribution in [0, 0.1) is 0 Å². The van der Waals surface area contributed by atoms with Crippen LogP contribution in [0.25, 0.3) is 0 Å². The molecule has 0 saturated carbocycles. The lowest BCUT2D eigenvalue weighted by Crippen LogP contribution is -2.22. The van der Waals surface area contributed by atoms with Crippen molar-refractivity contribution in [1.82, 2.24) is 5.32 Å². The summed E-state index contributed by atoms with van der Waals surface area (Å²) in [6, 6.07) is 8.87. The molecule has 1 heterocycles. The van der Waals surface area contributed by atoms with E-state index < -0.39 is 0 Å². The molecule has 18 heavy (non-hydrogen) atoms. The van der Waals surface area contributed by atoms with Gasteiger partial charge in [-0.15, -0.1) is 11.8 Å². The Kier molecular flexibility index (Phi) is 5.30. The molecule has 1 atom stereocenters. The molecule has 2 aromatic rings. The van der Waals surface area contributed by atoms with E-state index >= 15 is 0 Å². The molecule has 1 unspecified atom stereocenters. The number of thioether (sulfide) groups is 1. The van der Waals surface area contributed by atoms with Crippen molar-refractivity contribution in [2.24, 2.45) is 0 Å². The van der Waals surface area contributed by atoms with Crippen LogP contribution < -0.4 is 5.32 Å². The molecule has 0 aliphatic heterocycles. The summed E-state index contributed by atoms with van der Waals surface area (Å²) in [7, 11) is 0. The van der Waals surface area contributed by atoms with Crippen LogP contribution in [0.3, 0.4) is 0 Å². The zero-order valence-corrected chi connectivity index (χ0v) is 13.7. The normalized spacial score (nSPS) is 12.6. The molecular weight excluding hydrogens is 326 g/mol. The van der Waals surface area contributed by atoms with Crippen molar-refractivity contribution in [1.29, 1.82) is 0 Å². The summed E-state index contributed by atoms with van der Waals surface area (Å²) >= 11 is 7.18. The second-order valence-electron chi connectivity index (χ2n) is 3.91. The standard InChI is InChI=1S/C14H16BrNS2/c1-3-16-14(11-8-18-9-12(11)15)10-6-4-5-7-13(10)17-2/h4-9,14,16H,3H2,1-2H3. The highest BCUT2D eigenvalue weighted by Crippen LogP contribution is 2.35. The monoisotopic (exact) mass is 341 g/mol. The lowest BCUT2D eigenvalue weighted by Gasteiger charge is -2.20. The summed E-state index contributed by atoms with van der Waals surface area (Å²) in [5.41, 5.74) is 2.68. The van der Waals surface area contributed by atoms with Gasteiger partial charge in [-0.25, -0.2) is 0 Å². The molecule has 0 fully saturated rings. The highest BCUT2D eigenvalue weighted by atomic mass is 79.9. The molecule has 1 aromatic heterocycles. The van der Waals surface area contributed by atoms with Crippen molar-refractivity contribution in [2.75, 3.05) is 12.8 Å². The molecule has 0 aliphatic rings. The third-order valence-corrected chi connectivity index (χ3v) is 5.37. The molecule has 0 spiro atoms. The van der Waals surface area contributed by atoms with Crippen molar-refractivity contribution in [3.8, 4) is 0 Å². The fourth-order valence-electron chi connectivity index (χ4n) is 1.99. The number of rotatable bonds is 5. The second-order valence-corrected chi connectivity index (χ2v) is 6.35. The Labute approximate surface area is 125 Å². The van der Waals surface area contributed by atoms with E-state index in [2.05, 4.69) is 69.5 Å². The summed E-state index contributed by atoms with van der Waals surface area (Å²) < 4.78 is 1.19. The predicted molar refractivity (Wildman–Crippen MR) is 85.8 cm³/mol. The van der Waals surface area contributed by atoms with Gasteiger partial charge in [0.25, 0.3) is 0 Å². The largest absolute Gasteiger partial charge is 0.306 e. The number of hydrogen-bond donors (Lipinski definition) is 1. The fourth-order valence-corrected chi connectivity index (χ4v) is 4.18. The quantitative estimate of drug-likeness (QED) is 0.773. The molecule has 0 amide bonds. The number of nitrogens with one attached hydrogen (secondary N) is 1. The summed E-state index contributed by atoms with van der Waals surface area (Å²) in [5.74, 6) is 0. The summed E-state index contributed by atoms with van der Waals surface area (Å²) in [6.07, 6.45) is 2.13. The minimum Gasteiger partial charge on any atom is -0.306 e. The lowest BCUT2D eigenvalue weighted by molar-refractivity contribution is 0.622. The third-order valence-electron chi connectivity index (χ3n) is 2.81. The molecule has 1 nitrogen and oxygen atoms in total. The molecule has 2 rings (SSSR count). The van der Waals surface area contributed by atoms with Gasteiger partial charge in [-0.1, -0.05) is 25.1 Å². The molecule has 0 saturated heterocycles. The minimum absolute atomic E-state index is 0.263. The Hall–Kier alpha value is -0.290. The van der Waals surface area contributed by atoms with Gasteiger partial charge >= 0.3 is 0 Å². The van der Waals surface area contributed by atoms with E-state index in [1.54, 1.807) is 23.1 Å². The Morgan fingerprint density at radius 2 is 2.06 bits per heavy atom. The second kappa shape index (κ2) is 6.75. The Balaban J connectivity index is 2.45. The van der Waals surface area contributed by atoms with Crippen LogP contribution in [0.5, 0.6) is 0 Å². The summed E-state index contributed by atoms with van der Waals surface area (Å²) in [6.45, 7) is 3.10. The topological polar surface area (TPSA) is 12.0 Å². The lowest BCUT2D eigenvalue weighted by atomic mass is 10.0. The van der Waals surface area contributed by atoms with Crippen LogP contribution in [0.1, 0.15) is 24.1 Å². The third kappa shape index (κ3) is 2.99. The molecule has 0 bridgehead atoms. The average Bonchev–Trinajstić information content (AvgIpc) is 2.82. The van der Waals surface area contributed by atoms with Crippen molar-refractivity contribution in [2.45, 2.75) is 17.9 Å². The first-order chi connectivity index (χ1) is 8.77. The first-order valence-corrected chi connectivity index (χ1v) is 8.81. The van der Waals surface area contributed by atoms with Crippen molar-refractivity contribution >= 4 is 39.0 Å². The van der Waals surface area contributed by atoms with Gasteiger partial charge in [0.1, 0.15) is 0 Å². The maximum absolute atomic E-state index is 3.64. The van der Waals surface area contributed by atoms with Gasteiger partial charge in [0, 0.05) is 14.7 Å². The molecule has 1 N–H and O–H groups in total. The van der Waals surface area contributed by atoms with Crippen molar-refractivity contribution in [3.05, 3.63) is 50.6 Å².